The molecule has 0 saturated heterocycles. The zero-order valence-electron chi connectivity index (χ0n) is 7.10. The Hall–Kier alpha value is -0.240. The summed E-state index contributed by atoms with van der Waals surface area (Å²) in [6.45, 7) is 3.96. The van der Waals surface area contributed by atoms with Crippen molar-refractivity contribution in [2.45, 2.75) is 38.5 Å². The first-order valence-electron chi connectivity index (χ1n) is 3.94. The normalized spacial score (nSPS) is 12.6. The summed E-state index contributed by atoms with van der Waals surface area (Å²) in [6.07, 6.45) is 2.76. The number of ether oxygens (including phenoxy) is 1. The van der Waals surface area contributed by atoms with Crippen molar-refractivity contribution in [3.63, 3.8) is 0 Å². The Bertz CT molecular complexity index is 115. The van der Waals surface area contributed by atoms with Crippen LogP contribution in [0.15, 0.2) is 0 Å². The lowest BCUT2D eigenvalue weighted by Crippen LogP contribution is -2.03. The number of carbonyl (C=O) groups excluding carboxylic acids is 1. The third kappa shape index (κ3) is 7.66. The van der Waals surface area contributed by atoms with E-state index in [4.69, 9.17) is 16.3 Å². The predicted octanol–water partition coefficient (Wildman–Crippen LogP) is 2.35. The number of rotatable bonds is 5. The Morgan fingerprint density at radius 1 is 1.64 bits per heavy atom. The lowest BCUT2D eigenvalue weighted by atomic mass is 10.2. The lowest BCUT2D eigenvalue weighted by Gasteiger charge is -2.05. The van der Waals surface area contributed by atoms with E-state index in [2.05, 4.69) is 0 Å². The van der Waals surface area contributed by atoms with E-state index >= 15 is 0 Å². The number of esters is 1. The van der Waals surface area contributed by atoms with Gasteiger partial charge in [-0.05, 0) is 19.3 Å². The maximum absolute atomic E-state index is 10.3. The Labute approximate surface area is 72.9 Å². The summed E-state index contributed by atoms with van der Waals surface area (Å²) in [7, 11) is 0. The van der Waals surface area contributed by atoms with Gasteiger partial charge in [-0.3, -0.25) is 4.79 Å². The number of hydrogen-bond acceptors (Lipinski definition) is 2. The maximum Gasteiger partial charge on any atom is 0.302 e. The van der Waals surface area contributed by atoms with Crippen LogP contribution in [0.1, 0.15) is 33.1 Å². The first kappa shape index (κ1) is 10.8. The summed E-state index contributed by atoms with van der Waals surface area (Å²) in [4.78, 5) is 10.3. The molecule has 0 aromatic rings. The van der Waals surface area contributed by atoms with Crippen molar-refractivity contribution in [1.29, 1.82) is 0 Å². The van der Waals surface area contributed by atoms with Crippen LogP contribution in [-0.2, 0) is 9.53 Å². The first-order chi connectivity index (χ1) is 5.16. The molecule has 1 atom stereocenters. The summed E-state index contributed by atoms with van der Waals surface area (Å²) in [5, 5.41) is 0.227. The van der Waals surface area contributed by atoms with Gasteiger partial charge in [-0.15, -0.1) is 11.6 Å². The molecule has 0 amide bonds. The van der Waals surface area contributed by atoms with E-state index in [1.165, 1.54) is 6.92 Å². The van der Waals surface area contributed by atoms with Gasteiger partial charge in [0.15, 0.2) is 0 Å². The van der Waals surface area contributed by atoms with Gasteiger partial charge in [-0.2, -0.15) is 0 Å². The summed E-state index contributed by atoms with van der Waals surface area (Å²) in [5.41, 5.74) is 0. The molecule has 0 spiro atoms. The number of carbonyl (C=O) groups is 1. The number of halogens is 1. The predicted molar refractivity (Wildman–Crippen MR) is 45.8 cm³/mol. The topological polar surface area (TPSA) is 26.3 Å². The van der Waals surface area contributed by atoms with Gasteiger partial charge in [0, 0.05) is 12.3 Å². The quantitative estimate of drug-likeness (QED) is 0.367. The van der Waals surface area contributed by atoms with Gasteiger partial charge in [0.25, 0.3) is 0 Å². The molecular formula is C8H15ClO2. The van der Waals surface area contributed by atoms with E-state index in [1.54, 1.807) is 0 Å². The summed E-state index contributed by atoms with van der Waals surface area (Å²) < 4.78 is 4.74. The second kappa shape index (κ2) is 6.47. The monoisotopic (exact) mass is 178 g/mol. The molecule has 0 rings (SSSR count). The average Bonchev–Trinajstić information content (AvgIpc) is 1.97. The van der Waals surface area contributed by atoms with E-state index in [-0.39, 0.29) is 11.3 Å². The smallest absolute Gasteiger partial charge is 0.302 e. The minimum atomic E-state index is -0.215. The fraction of sp³-hybridized carbons (Fsp3) is 0.875. The molecule has 0 fully saturated rings. The Morgan fingerprint density at radius 3 is 2.73 bits per heavy atom. The number of hydrogen-bond donors (Lipinski definition) is 0. The fourth-order valence-corrected chi connectivity index (χ4v) is 0.879. The van der Waals surface area contributed by atoms with Crippen LogP contribution < -0.4 is 0 Å². The van der Waals surface area contributed by atoms with E-state index < -0.39 is 0 Å². The van der Waals surface area contributed by atoms with Crippen LogP contribution in [-0.4, -0.2) is 18.0 Å². The molecule has 0 aromatic carbocycles. The van der Waals surface area contributed by atoms with Gasteiger partial charge >= 0.3 is 5.97 Å². The third-order valence-corrected chi connectivity index (χ3v) is 1.94. The Morgan fingerprint density at radius 2 is 2.27 bits per heavy atom. The van der Waals surface area contributed by atoms with Crippen molar-refractivity contribution >= 4 is 17.6 Å². The molecule has 0 radical (unpaired) electrons. The molecule has 0 bridgehead atoms. The maximum atomic E-state index is 10.3. The van der Waals surface area contributed by atoms with Crippen LogP contribution >= 0.6 is 11.6 Å². The second-order valence-corrected chi connectivity index (χ2v) is 3.11. The zero-order valence-corrected chi connectivity index (χ0v) is 7.86. The van der Waals surface area contributed by atoms with Crippen molar-refractivity contribution in [3.8, 4) is 0 Å². The average molecular weight is 179 g/mol. The van der Waals surface area contributed by atoms with Crippen LogP contribution in [0, 0.1) is 0 Å². The minimum absolute atomic E-state index is 0.215. The molecule has 0 aliphatic carbocycles. The molecule has 11 heavy (non-hydrogen) atoms. The molecule has 2 nitrogen and oxygen atoms in total. The molecule has 1 unspecified atom stereocenters. The Kier molecular flexibility index (Phi) is 6.33. The molecule has 3 heteroatoms. The van der Waals surface area contributed by atoms with Crippen LogP contribution in [0.2, 0.25) is 0 Å². The molecule has 0 aromatic heterocycles. The van der Waals surface area contributed by atoms with Crippen molar-refractivity contribution in [2.24, 2.45) is 0 Å². The summed E-state index contributed by atoms with van der Waals surface area (Å²) in [5.74, 6) is -0.215. The van der Waals surface area contributed by atoms with Crippen LogP contribution in [0.5, 0.6) is 0 Å². The van der Waals surface area contributed by atoms with E-state index in [1.807, 2.05) is 6.92 Å². The van der Waals surface area contributed by atoms with E-state index in [0.717, 1.165) is 19.3 Å². The van der Waals surface area contributed by atoms with E-state index in [0.29, 0.717) is 6.61 Å². The molecule has 66 valence electrons. The SMILES string of the molecule is CCC(Cl)CCCOC(C)=O. The fourth-order valence-electron chi connectivity index (χ4n) is 0.725. The van der Waals surface area contributed by atoms with Crippen molar-refractivity contribution in [1.82, 2.24) is 0 Å². The van der Waals surface area contributed by atoms with E-state index in [9.17, 15) is 4.79 Å². The minimum Gasteiger partial charge on any atom is -0.466 e. The van der Waals surface area contributed by atoms with Gasteiger partial charge in [-0.1, -0.05) is 6.92 Å². The molecule has 0 saturated carbocycles. The summed E-state index contributed by atoms with van der Waals surface area (Å²) >= 11 is 5.84. The van der Waals surface area contributed by atoms with Crippen molar-refractivity contribution < 1.29 is 9.53 Å². The highest BCUT2D eigenvalue weighted by Gasteiger charge is 2.00. The van der Waals surface area contributed by atoms with Gasteiger partial charge in [0.2, 0.25) is 0 Å². The highest BCUT2D eigenvalue weighted by molar-refractivity contribution is 6.20. The molecule has 0 aliphatic heterocycles. The van der Waals surface area contributed by atoms with Crippen LogP contribution in [0.25, 0.3) is 0 Å². The summed E-state index contributed by atoms with van der Waals surface area (Å²) in [6, 6.07) is 0. The Balaban J connectivity index is 3.08. The number of alkyl halides is 1. The molecule has 0 aliphatic rings. The van der Waals surface area contributed by atoms with Gasteiger partial charge in [0.05, 0.1) is 6.61 Å². The van der Waals surface area contributed by atoms with Gasteiger partial charge in [-0.25, -0.2) is 0 Å². The van der Waals surface area contributed by atoms with Crippen LogP contribution in [0.4, 0.5) is 0 Å². The van der Waals surface area contributed by atoms with Gasteiger partial charge < -0.3 is 4.74 Å². The second-order valence-electron chi connectivity index (χ2n) is 2.49. The van der Waals surface area contributed by atoms with Crippen LogP contribution in [0.3, 0.4) is 0 Å². The lowest BCUT2D eigenvalue weighted by molar-refractivity contribution is -0.141. The third-order valence-electron chi connectivity index (χ3n) is 1.41. The van der Waals surface area contributed by atoms with Gasteiger partial charge in [0.1, 0.15) is 0 Å². The first-order valence-corrected chi connectivity index (χ1v) is 4.38. The highest BCUT2D eigenvalue weighted by Crippen LogP contribution is 2.08. The standard InChI is InChI=1S/C8H15ClO2/c1-3-8(9)5-4-6-11-7(2)10/h8H,3-6H2,1-2H3. The zero-order chi connectivity index (χ0) is 8.69. The van der Waals surface area contributed by atoms with Crippen molar-refractivity contribution in [3.05, 3.63) is 0 Å². The molecule has 0 N–H and O–H groups in total. The highest BCUT2D eigenvalue weighted by atomic mass is 35.5. The molecule has 0 heterocycles. The van der Waals surface area contributed by atoms with Crippen molar-refractivity contribution in [2.75, 3.05) is 6.61 Å². The molecular weight excluding hydrogens is 164 g/mol. The largest absolute Gasteiger partial charge is 0.466 e.